The van der Waals surface area contributed by atoms with Crippen LogP contribution < -0.4 is 10.2 Å². The fourth-order valence-corrected chi connectivity index (χ4v) is 3.91. The topological polar surface area (TPSA) is 44.3 Å². The number of fused-ring (bicyclic) bond motifs is 1. The highest BCUT2D eigenvalue weighted by molar-refractivity contribution is 7.18. The number of anilines is 2. The van der Waals surface area contributed by atoms with Gasteiger partial charge in [-0.15, -0.1) is 11.3 Å². The number of nitrogens with zero attached hydrogens (tertiary/aromatic N) is 4. The Hall–Kier alpha value is -1.40. The molecule has 0 radical (unpaired) electrons. The molecule has 21 heavy (non-hydrogen) atoms. The second-order valence-corrected chi connectivity index (χ2v) is 7.10. The summed E-state index contributed by atoms with van der Waals surface area (Å²) in [5, 5.41) is 4.26. The summed E-state index contributed by atoms with van der Waals surface area (Å²) in [6.45, 7) is 4.42. The lowest BCUT2D eigenvalue weighted by atomic mass is 10.0. The Bertz CT molecular complexity index is 638. The molecule has 1 aliphatic rings. The summed E-state index contributed by atoms with van der Waals surface area (Å²) in [5.41, 5.74) is 0. The van der Waals surface area contributed by atoms with E-state index in [2.05, 4.69) is 47.2 Å². The van der Waals surface area contributed by atoms with E-state index in [-0.39, 0.29) is 0 Å². The van der Waals surface area contributed by atoms with E-state index in [1.807, 2.05) is 7.05 Å². The SMILES string of the molecule is CNc1nc(N(C)C2CCCN(C)C2)c2cc(C)sc2n1. The van der Waals surface area contributed by atoms with Crippen molar-refractivity contribution in [3.05, 3.63) is 10.9 Å². The van der Waals surface area contributed by atoms with E-state index in [9.17, 15) is 0 Å². The number of likely N-dealkylation sites (tertiary alicyclic amines) is 1. The van der Waals surface area contributed by atoms with E-state index in [4.69, 9.17) is 4.98 Å². The summed E-state index contributed by atoms with van der Waals surface area (Å²) >= 11 is 1.73. The summed E-state index contributed by atoms with van der Waals surface area (Å²) in [6.07, 6.45) is 2.48. The first-order valence-corrected chi connectivity index (χ1v) is 8.27. The van der Waals surface area contributed by atoms with Crippen molar-refractivity contribution in [1.82, 2.24) is 14.9 Å². The number of aromatic nitrogens is 2. The van der Waals surface area contributed by atoms with E-state index in [0.717, 1.165) is 17.2 Å². The number of hydrogen-bond acceptors (Lipinski definition) is 6. The van der Waals surface area contributed by atoms with Crippen LogP contribution in [0, 0.1) is 6.92 Å². The van der Waals surface area contributed by atoms with E-state index in [0.29, 0.717) is 12.0 Å². The van der Waals surface area contributed by atoms with Gasteiger partial charge in [-0.25, -0.2) is 4.98 Å². The molecule has 0 saturated carbocycles. The maximum absolute atomic E-state index is 4.72. The molecule has 114 valence electrons. The minimum absolute atomic E-state index is 0.520. The van der Waals surface area contributed by atoms with Crippen LogP contribution in [-0.2, 0) is 0 Å². The van der Waals surface area contributed by atoms with Crippen molar-refractivity contribution in [2.75, 3.05) is 44.4 Å². The van der Waals surface area contributed by atoms with Crippen LogP contribution in [0.4, 0.5) is 11.8 Å². The monoisotopic (exact) mass is 305 g/mol. The van der Waals surface area contributed by atoms with Gasteiger partial charge in [0.15, 0.2) is 0 Å². The molecule has 3 rings (SSSR count). The van der Waals surface area contributed by atoms with E-state index in [1.165, 1.54) is 29.6 Å². The van der Waals surface area contributed by atoms with Gasteiger partial charge in [-0.2, -0.15) is 4.98 Å². The Morgan fingerprint density at radius 1 is 1.43 bits per heavy atom. The molecule has 5 nitrogen and oxygen atoms in total. The maximum atomic E-state index is 4.72. The Labute approximate surface area is 130 Å². The van der Waals surface area contributed by atoms with E-state index < -0.39 is 0 Å². The summed E-state index contributed by atoms with van der Waals surface area (Å²) in [5.74, 6) is 1.75. The van der Waals surface area contributed by atoms with Gasteiger partial charge in [0.05, 0.1) is 5.39 Å². The fraction of sp³-hybridized carbons (Fsp3) is 0.600. The number of nitrogens with one attached hydrogen (secondary N) is 1. The fourth-order valence-electron chi connectivity index (χ4n) is 3.04. The predicted octanol–water partition coefficient (Wildman–Crippen LogP) is 2.57. The van der Waals surface area contributed by atoms with Gasteiger partial charge in [0.1, 0.15) is 10.6 Å². The second-order valence-electron chi connectivity index (χ2n) is 5.87. The molecule has 1 fully saturated rings. The first kappa shape index (κ1) is 14.5. The third-order valence-corrected chi connectivity index (χ3v) is 5.15. The Balaban J connectivity index is 2.01. The van der Waals surface area contributed by atoms with Crippen molar-refractivity contribution in [2.45, 2.75) is 25.8 Å². The summed E-state index contributed by atoms with van der Waals surface area (Å²) in [7, 11) is 6.24. The quantitative estimate of drug-likeness (QED) is 0.944. The number of piperidine rings is 1. The molecule has 0 spiro atoms. The van der Waals surface area contributed by atoms with Crippen LogP contribution in [0.5, 0.6) is 0 Å². The van der Waals surface area contributed by atoms with Crippen LogP contribution >= 0.6 is 11.3 Å². The molecular weight excluding hydrogens is 282 g/mol. The highest BCUT2D eigenvalue weighted by atomic mass is 32.1. The highest BCUT2D eigenvalue weighted by Crippen LogP contribution is 2.32. The maximum Gasteiger partial charge on any atom is 0.225 e. The zero-order chi connectivity index (χ0) is 15.0. The van der Waals surface area contributed by atoms with Crippen molar-refractivity contribution in [1.29, 1.82) is 0 Å². The van der Waals surface area contributed by atoms with Crippen molar-refractivity contribution in [2.24, 2.45) is 0 Å². The van der Waals surface area contributed by atoms with Gasteiger partial charge in [0, 0.05) is 31.6 Å². The third-order valence-electron chi connectivity index (χ3n) is 4.20. The smallest absolute Gasteiger partial charge is 0.225 e. The van der Waals surface area contributed by atoms with Gasteiger partial charge in [-0.1, -0.05) is 0 Å². The Kier molecular flexibility index (Phi) is 3.99. The Morgan fingerprint density at radius 3 is 2.95 bits per heavy atom. The highest BCUT2D eigenvalue weighted by Gasteiger charge is 2.24. The van der Waals surface area contributed by atoms with Gasteiger partial charge >= 0.3 is 0 Å². The Morgan fingerprint density at radius 2 is 2.24 bits per heavy atom. The van der Waals surface area contributed by atoms with Gasteiger partial charge in [-0.05, 0) is 39.4 Å². The van der Waals surface area contributed by atoms with E-state index >= 15 is 0 Å². The molecule has 1 atom stereocenters. The molecule has 1 unspecified atom stereocenters. The van der Waals surface area contributed by atoms with E-state index in [1.54, 1.807) is 11.3 Å². The molecule has 2 aromatic rings. The molecule has 0 bridgehead atoms. The van der Waals surface area contributed by atoms with Gasteiger partial charge < -0.3 is 15.1 Å². The molecule has 1 saturated heterocycles. The molecule has 0 aromatic carbocycles. The molecule has 2 aromatic heterocycles. The molecule has 3 heterocycles. The molecule has 0 amide bonds. The van der Waals surface area contributed by atoms with Crippen LogP contribution in [0.15, 0.2) is 6.07 Å². The first-order valence-electron chi connectivity index (χ1n) is 7.46. The van der Waals surface area contributed by atoms with Crippen molar-refractivity contribution in [3.8, 4) is 0 Å². The van der Waals surface area contributed by atoms with Gasteiger partial charge in [0.25, 0.3) is 0 Å². The summed E-state index contributed by atoms with van der Waals surface area (Å²) < 4.78 is 0. The lowest BCUT2D eigenvalue weighted by Gasteiger charge is -2.36. The normalized spacial score (nSPS) is 19.9. The molecular formula is C15H23N5S. The molecule has 0 aliphatic carbocycles. The lowest BCUT2D eigenvalue weighted by molar-refractivity contribution is 0.247. The zero-order valence-corrected chi connectivity index (χ0v) is 14.0. The summed E-state index contributed by atoms with van der Waals surface area (Å²) in [4.78, 5) is 16.4. The van der Waals surface area contributed by atoms with Crippen LogP contribution in [0.25, 0.3) is 10.2 Å². The van der Waals surface area contributed by atoms with Crippen LogP contribution in [0.2, 0.25) is 0 Å². The molecule has 1 aliphatic heterocycles. The lowest BCUT2D eigenvalue weighted by Crippen LogP contribution is -2.45. The van der Waals surface area contributed by atoms with Crippen molar-refractivity contribution >= 4 is 33.3 Å². The average Bonchev–Trinajstić information content (AvgIpc) is 2.85. The minimum Gasteiger partial charge on any atom is -0.357 e. The molecule has 6 heteroatoms. The number of thiophene rings is 1. The predicted molar refractivity (Wildman–Crippen MR) is 90.6 cm³/mol. The van der Waals surface area contributed by atoms with Gasteiger partial charge in [0.2, 0.25) is 5.95 Å². The average molecular weight is 305 g/mol. The number of likely N-dealkylation sites (N-methyl/N-ethyl adjacent to an activating group) is 2. The van der Waals surface area contributed by atoms with Crippen molar-refractivity contribution in [3.63, 3.8) is 0 Å². The zero-order valence-electron chi connectivity index (χ0n) is 13.2. The van der Waals surface area contributed by atoms with Crippen LogP contribution in [0.3, 0.4) is 0 Å². The van der Waals surface area contributed by atoms with Gasteiger partial charge in [-0.3, -0.25) is 0 Å². The largest absolute Gasteiger partial charge is 0.357 e. The molecule has 1 N–H and O–H groups in total. The number of aryl methyl sites for hydroxylation is 1. The summed E-state index contributed by atoms with van der Waals surface area (Å²) in [6, 6.07) is 2.73. The number of rotatable bonds is 3. The third kappa shape index (κ3) is 2.82. The number of hydrogen-bond donors (Lipinski definition) is 1. The van der Waals surface area contributed by atoms with Crippen molar-refractivity contribution < 1.29 is 0 Å². The first-order chi connectivity index (χ1) is 10.1. The van der Waals surface area contributed by atoms with Crippen LogP contribution in [-0.4, -0.2) is 55.1 Å². The standard InChI is InChI=1S/C15H23N5S/c1-10-8-12-13(17-15(16-2)18-14(12)21-10)20(4)11-6-5-7-19(3)9-11/h8,11H,5-7,9H2,1-4H3,(H,16,17,18). The minimum atomic E-state index is 0.520. The second kappa shape index (κ2) is 5.77. The van der Waals surface area contributed by atoms with Crippen LogP contribution in [0.1, 0.15) is 17.7 Å².